The number of halogens is 4. The highest BCUT2D eigenvalue weighted by Gasteiger charge is 2.31. The summed E-state index contributed by atoms with van der Waals surface area (Å²) in [6, 6.07) is 19.7. The third kappa shape index (κ3) is 7.93. The van der Waals surface area contributed by atoms with Crippen molar-refractivity contribution in [3.8, 4) is 17.0 Å². The van der Waals surface area contributed by atoms with Crippen LogP contribution >= 0.6 is 22.9 Å². The van der Waals surface area contributed by atoms with Crippen molar-refractivity contribution >= 4 is 46.5 Å². The second-order valence-electron chi connectivity index (χ2n) is 8.38. The normalized spacial score (nSPS) is 11.7. The number of nitrogens with one attached hydrogen (secondary N) is 1. The molecule has 0 atom stereocenters. The van der Waals surface area contributed by atoms with Crippen LogP contribution in [0.15, 0.2) is 78.2 Å². The summed E-state index contributed by atoms with van der Waals surface area (Å²) in [6.45, 7) is 0.165. The molecule has 11 heteroatoms. The molecule has 4 aromatic rings. The molecule has 0 spiro atoms. The smallest absolute Gasteiger partial charge is 0.469 e. The third-order valence-corrected chi connectivity index (χ3v) is 6.73. The van der Waals surface area contributed by atoms with Gasteiger partial charge in [0.15, 0.2) is 0 Å². The maximum atomic E-state index is 12.5. The van der Waals surface area contributed by atoms with Crippen LogP contribution in [0.1, 0.15) is 32.9 Å². The Kier molecular flexibility index (Phi) is 9.23. The van der Waals surface area contributed by atoms with Gasteiger partial charge in [0.05, 0.1) is 19.2 Å². The average molecular weight is 587 g/mol. The van der Waals surface area contributed by atoms with Crippen LogP contribution < -0.4 is 10.1 Å². The Hall–Kier alpha value is -4.15. The van der Waals surface area contributed by atoms with Crippen LogP contribution in [0, 0.1) is 0 Å². The summed E-state index contributed by atoms with van der Waals surface area (Å²) in [5, 5.41) is 5.75. The van der Waals surface area contributed by atoms with E-state index in [1.54, 1.807) is 36.4 Å². The molecular weight excluding hydrogens is 565 g/mol. The molecule has 0 fully saturated rings. The zero-order valence-electron chi connectivity index (χ0n) is 21.0. The van der Waals surface area contributed by atoms with Gasteiger partial charge >= 0.3 is 12.3 Å². The maximum absolute atomic E-state index is 12.5. The molecule has 3 aromatic carbocycles. The highest BCUT2D eigenvalue weighted by Crippen LogP contribution is 2.33. The monoisotopic (exact) mass is 586 g/mol. The number of esters is 1. The summed E-state index contributed by atoms with van der Waals surface area (Å²) in [4.78, 5) is 28.4. The second kappa shape index (κ2) is 12.8. The van der Waals surface area contributed by atoms with Crippen molar-refractivity contribution in [1.29, 1.82) is 0 Å². The van der Waals surface area contributed by atoms with Crippen molar-refractivity contribution in [2.45, 2.75) is 12.8 Å². The van der Waals surface area contributed by atoms with Crippen LogP contribution in [-0.4, -0.2) is 36.9 Å². The molecule has 0 saturated heterocycles. The Balaban J connectivity index is 1.58. The highest BCUT2D eigenvalue weighted by atomic mass is 35.5. The number of carbonyl (C=O) groups excluding carboxylic acids is 2. The zero-order valence-corrected chi connectivity index (χ0v) is 22.6. The Bertz CT molecular complexity index is 1500. The van der Waals surface area contributed by atoms with Gasteiger partial charge in [0.1, 0.15) is 10.8 Å². The molecule has 0 unspecified atom stereocenters. The van der Waals surface area contributed by atoms with E-state index in [1.807, 2.05) is 23.6 Å². The summed E-state index contributed by atoms with van der Waals surface area (Å²) < 4.78 is 46.0. The number of aromatic nitrogens is 1. The van der Waals surface area contributed by atoms with Crippen LogP contribution in [0.4, 0.5) is 13.2 Å². The number of hydrogen-bond donors (Lipinski definition) is 1. The fourth-order valence-corrected chi connectivity index (χ4v) is 4.63. The standard InChI is InChI=1S/C29H22ClF3N2O4S/c1-38-26(36)14-15-34-27(37)21-4-2-18(3-5-21)16-24(19-6-10-22(30)11-7-19)28-35-25(17-40-28)20-8-12-23(13-9-20)39-29(31,32)33/h2-13,16-17H,14-15H2,1H3,(H,34,37)/b24-16+. The quantitative estimate of drug-likeness (QED) is 0.165. The Morgan fingerprint density at radius 1 is 0.975 bits per heavy atom. The molecule has 1 aromatic heterocycles. The lowest BCUT2D eigenvalue weighted by Crippen LogP contribution is -2.26. The van der Waals surface area contributed by atoms with Gasteiger partial charge in [0.25, 0.3) is 5.91 Å². The van der Waals surface area contributed by atoms with Gasteiger partial charge in [-0.3, -0.25) is 9.59 Å². The molecule has 0 radical (unpaired) electrons. The lowest BCUT2D eigenvalue weighted by Gasteiger charge is -2.09. The van der Waals surface area contributed by atoms with Crippen LogP contribution in [-0.2, 0) is 9.53 Å². The van der Waals surface area contributed by atoms with Crippen LogP contribution in [0.3, 0.4) is 0 Å². The van der Waals surface area contributed by atoms with Crippen LogP contribution in [0.5, 0.6) is 5.75 Å². The van der Waals surface area contributed by atoms with E-state index in [4.69, 9.17) is 16.6 Å². The number of methoxy groups -OCH3 is 1. The molecule has 1 heterocycles. The summed E-state index contributed by atoms with van der Waals surface area (Å²) >= 11 is 7.47. The zero-order chi connectivity index (χ0) is 28.7. The highest BCUT2D eigenvalue weighted by molar-refractivity contribution is 7.11. The van der Waals surface area contributed by atoms with Crippen LogP contribution in [0.2, 0.25) is 5.02 Å². The first-order valence-corrected chi connectivity index (χ1v) is 13.1. The Morgan fingerprint density at radius 2 is 1.62 bits per heavy atom. The maximum Gasteiger partial charge on any atom is 0.573 e. The molecule has 6 nitrogen and oxygen atoms in total. The molecule has 0 aliphatic heterocycles. The predicted octanol–water partition coefficient (Wildman–Crippen LogP) is 7.24. The van der Waals surface area contributed by atoms with Crippen molar-refractivity contribution in [2.24, 2.45) is 0 Å². The summed E-state index contributed by atoms with van der Waals surface area (Å²) in [5.74, 6) is -1.03. The van der Waals surface area contributed by atoms with Crippen molar-refractivity contribution in [3.63, 3.8) is 0 Å². The topological polar surface area (TPSA) is 77.5 Å². The first-order valence-electron chi connectivity index (χ1n) is 11.9. The molecule has 0 bridgehead atoms. The number of alkyl halides is 3. The summed E-state index contributed by atoms with van der Waals surface area (Å²) in [6.07, 6.45) is -2.76. The first kappa shape index (κ1) is 28.8. The SMILES string of the molecule is COC(=O)CCNC(=O)c1ccc(/C=C(\c2ccc(Cl)cc2)c2nc(-c3ccc(OC(F)(F)F)cc3)cs2)cc1. The van der Waals surface area contributed by atoms with Crippen molar-refractivity contribution in [2.75, 3.05) is 13.7 Å². The number of hydrogen-bond acceptors (Lipinski definition) is 6. The van der Waals surface area contributed by atoms with E-state index in [-0.39, 0.29) is 24.6 Å². The van der Waals surface area contributed by atoms with Gasteiger partial charge in [-0.2, -0.15) is 0 Å². The predicted molar refractivity (Wildman–Crippen MR) is 148 cm³/mol. The fourth-order valence-electron chi connectivity index (χ4n) is 3.63. The number of carbonyl (C=O) groups is 2. The molecule has 0 aliphatic rings. The molecule has 1 N–H and O–H groups in total. The van der Waals surface area contributed by atoms with Crippen molar-refractivity contribution in [1.82, 2.24) is 10.3 Å². The van der Waals surface area contributed by atoms with E-state index in [1.165, 1.54) is 42.7 Å². The average Bonchev–Trinajstić information content (AvgIpc) is 3.42. The molecule has 0 aliphatic carbocycles. The number of rotatable bonds is 9. The van der Waals surface area contributed by atoms with E-state index in [0.29, 0.717) is 26.9 Å². The number of thiazole rings is 1. The van der Waals surface area contributed by atoms with Gasteiger partial charge in [-0.05, 0) is 65.7 Å². The molecule has 1 amide bonds. The van der Waals surface area contributed by atoms with E-state index >= 15 is 0 Å². The van der Waals surface area contributed by atoms with E-state index in [0.717, 1.165) is 16.7 Å². The Labute approximate surface area is 237 Å². The molecule has 0 saturated carbocycles. The van der Waals surface area contributed by atoms with Gasteiger partial charge in [-0.15, -0.1) is 24.5 Å². The van der Waals surface area contributed by atoms with Gasteiger partial charge in [0, 0.05) is 33.6 Å². The van der Waals surface area contributed by atoms with E-state index < -0.39 is 12.3 Å². The Morgan fingerprint density at radius 3 is 2.25 bits per heavy atom. The number of benzene rings is 3. The lowest BCUT2D eigenvalue weighted by molar-refractivity contribution is -0.274. The molecular formula is C29H22ClF3N2O4S. The van der Waals surface area contributed by atoms with Crippen molar-refractivity contribution < 1.29 is 32.2 Å². The molecule has 4 rings (SSSR count). The fraction of sp³-hybridized carbons (Fsp3) is 0.138. The number of amides is 1. The first-order chi connectivity index (χ1) is 19.1. The largest absolute Gasteiger partial charge is 0.573 e. The van der Waals surface area contributed by atoms with Gasteiger partial charge in [-0.25, -0.2) is 4.98 Å². The summed E-state index contributed by atoms with van der Waals surface area (Å²) in [7, 11) is 1.29. The van der Waals surface area contributed by atoms with Gasteiger partial charge in [0.2, 0.25) is 0 Å². The number of nitrogens with zero attached hydrogens (tertiary/aromatic N) is 1. The molecule has 206 valence electrons. The second-order valence-corrected chi connectivity index (χ2v) is 9.67. The van der Waals surface area contributed by atoms with E-state index in [2.05, 4.69) is 14.8 Å². The molecule has 40 heavy (non-hydrogen) atoms. The third-order valence-electron chi connectivity index (χ3n) is 5.60. The van der Waals surface area contributed by atoms with Gasteiger partial charge in [-0.1, -0.05) is 35.9 Å². The minimum atomic E-state index is -4.76. The van der Waals surface area contributed by atoms with Gasteiger partial charge < -0.3 is 14.8 Å². The number of ether oxygens (including phenoxy) is 2. The minimum absolute atomic E-state index is 0.0782. The van der Waals surface area contributed by atoms with Crippen LogP contribution in [0.25, 0.3) is 22.9 Å². The lowest BCUT2D eigenvalue weighted by atomic mass is 10.0. The minimum Gasteiger partial charge on any atom is -0.469 e. The van der Waals surface area contributed by atoms with Crippen molar-refractivity contribution in [3.05, 3.63) is 105 Å². The summed E-state index contributed by atoms with van der Waals surface area (Å²) in [5.41, 5.74) is 4.11. The van der Waals surface area contributed by atoms with E-state index in [9.17, 15) is 22.8 Å².